The highest BCUT2D eigenvalue weighted by molar-refractivity contribution is 5.65. The number of aryl methyl sites for hydroxylation is 2. The molecule has 0 bridgehead atoms. The molecule has 1 heterocycles. The van der Waals surface area contributed by atoms with Crippen molar-refractivity contribution in [1.82, 2.24) is 0 Å². The molecule has 1 fully saturated rings. The number of hydrogen-bond acceptors (Lipinski definition) is 2. The second kappa shape index (κ2) is 3.61. The molecule has 0 aromatic heterocycles. The Morgan fingerprint density at radius 1 is 1.25 bits per heavy atom. The van der Waals surface area contributed by atoms with Gasteiger partial charge in [0.2, 0.25) is 0 Å². The molecule has 1 aliphatic rings. The summed E-state index contributed by atoms with van der Waals surface area (Å²) in [6.45, 7) is 4.06. The van der Waals surface area contributed by atoms with Gasteiger partial charge in [0.25, 0.3) is 5.92 Å². The third-order valence-electron chi connectivity index (χ3n) is 3.00. The molecule has 88 valence electrons. The van der Waals surface area contributed by atoms with Crippen LogP contribution in [0.5, 0.6) is 0 Å². The van der Waals surface area contributed by atoms with Gasteiger partial charge in [-0.3, -0.25) is 0 Å². The van der Waals surface area contributed by atoms with E-state index in [-0.39, 0.29) is 13.0 Å². The first kappa shape index (κ1) is 11.2. The van der Waals surface area contributed by atoms with Crippen molar-refractivity contribution in [3.63, 3.8) is 0 Å². The highest BCUT2D eigenvalue weighted by Gasteiger charge is 2.38. The number of hydrogen-bond donors (Lipinski definition) is 1. The average Bonchev–Trinajstić information content (AvgIpc) is 2.44. The highest BCUT2D eigenvalue weighted by atomic mass is 19.3. The van der Waals surface area contributed by atoms with E-state index < -0.39 is 5.92 Å². The van der Waals surface area contributed by atoms with Crippen LogP contribution in [-0.4, -0.2) is 19.0 Å². The van der Waals surface area contributed by atoms with Crippen molar-refractivity contribution >= 4 is 11.4 Å². The summed E-state index contributed by atoms with van der Waals surface area (Å²) in [4.78, 5) is 1.75. The van der Waals surface area contributed by atoms with Crippen molar-refractivity contribution in [2.24, 2.45) is 0 Å². The Kier molecular flexibility index (Phi) is 2.52. The maximum atomic E-state index is 13.2. The smallest absolute Gasteiger partial charge is 0.266 e. The summed E-state index contributed by atoms with van der Waals surface area (Å²) in [5.41, 5.74) is 9.24. The summed E-state index contributed by atoms with van der Waals surface area (Å²) in [5.74, 6) is -2.56. The van der Waals surface area contributed by atoms with E-state index in [2.05, 4.69) is 0 Å². The molecule has 0 saturated carbocycles. The maximum Gasteiger partial charge on any atom is 0.266 e. The van der Waals surface area contributed by atoms with Gasteiger partial charge in [-0.05, 0) is 37.1 Å². The van der Waals surface area contributed by atoms with E-state index in [0.29, 0.717) is 12.2 Å². The summed E-state index contributed by atoms with van der Waals surface area (Å²) in [7, 11) is 0. The Labute approximate surface area is 94.0 Å². The minimum Gasteiger partial charge on any atom is -0.399 e. The quantitative estimate of drug-likeness (QED) is 0.746. The molecule has 1 aromatic carbocycles. The molecule has 16 heavy (non-hydrogen) atoms. The zero-order chi connectivity index (χ0) is 11.9. The van der Waals surface area contributed by atoms with Crippen LogP contribution in [0.2, 0.25) is 0 Å². The van der Waals surface area contributed by atoms with E-state index in [1.807, 2.05) is 26.0 Å². The standard InChI is InChI=1S/C12H16F2N2/c1-8-5-10(15)6-9(2)11(8)16-4-3-12(13,14)7-16/h5-6H,3-4,7,15H2,1-2H3. The lowest BCUT2D eigenvalue weighted by molar-refractivity contribution is 0.0257. The number of rotatable bonds is 1. The van der Waals surface area contributed by atoms with Crippen LogP contribution in [0.25, 0.3) is 0 Å². The zero-order valence-electron chi connectivity index (χ0n) is 9.56. The van der Waals surface area contributed by atoms with Gasteiger partial charge in [0.15, 0.2) is 0 Å². The topological polar surface area (TPSA) is 29.3 Å². The van der Waals surface area contributed by atoms with Crippen molar-refractivity contribution in [2.45, 2.75) is 26.2 Å². The van der Waals surface area contributed by atoms with Crippen LogP contribution in [0.1, 0.15) is 17.5 Å². The van der Waals surface area contributed by atoms with Gasteiger partial charge in [-0.2, -0.15) is 0 Å². The van der Waals surface area contributed by atoms with Gasteiger partial charge in [-0.1, -0.05) is 0 Å². The first-order valence-electron chi connectivity index (χ1n) is 5.38. The van der Waals surface area contributed by atoms with Gasteiger partial charge < -0.3 is 10.6 Å². The molecule has 2 rings (SSSR count). The summed E-state index contributed by atoms with van der Waals surface area (Å²) < 4.78 is 26.3. The Balaban J connectivity index is 2.35. The molecule has 0 spiro atoms. The fraction of sp³-hybridized carbons (Fsp3) is 0.500. The molecule has 0 amide bonds. The van der Waals surface area contributed by atoms with E-state index in [1.165, 1.54) is 0 Å². The third kappa shape index (κ3) is 1.96. The Morgan fingerprint density at radius 2 is 1.81 bits per heavy atom. The van der Waals surface area contributed by atoms with Crippen molar-refractivity contribution in [3.8, 4) is 0 Å². The summed E-state index contributed by atoms with van der Waals surface area (Å²) in [5, 5.41) is 0. The molecule has 2 N–H and O–H groups in total. The van der Waals surface area contributed by atoms with Crippen LogP contribution in [-0.2, 0) is 0 Å². The minimum atomic E-state index is -2.56. The van der Waals surface area contributed by atoms with Gasteiger partial charge >= 0.3 is 0 Å². The monoisotopic (exact) mass is 226 g/mol. The van der Waals surface area contributed by atoms with Crippen LogP contribution in [0.15, 0.2) is 12.1 Å². The van der Waals surface area contributed by atoms with E-state index in [1.54, 1.807) is 4.90 Å². The number of halogens is 2. The van der Waals surface area contributed by atoms with Gasteiger partial charge in [0.05, 0.1) is 6.54 Å². The number of benzene rings is 1. The normalized spacial score (nSPS) is 19.1. The van der Waals surface area contributed by atoms with Crippen molar-refractivity contribution in [1.29, 1.82) is 0 Å². The van der Waals surface area contributed by atoms with Crippen LogP contribution in [0.3, 0.4) is 0 Å². The van der Waals surface area contributed by atoms with Gasteiger partial charge in [0, 0.05) is 24.3 Å². The van der Waals surface area contributed by atoms with Crippen LogP contribution >= 0.6 is 0 Å². The lowest BCUT2D eigenvalue weighted by Gasteiger charge is -2.23. The van der Waals surface area contributed by atoms with Crippen LogP contribution in [0.4, 0.5) is 20.2 Å². The lowest BCUT2D eigenvalue weighted by Crippen LogP contribution is -2.26. The first-order valence-corrected chi connectivity index (χ1v) is 5.38. The summed E-state index contributed by atoms with van der Waals surface area (Å²) in [6, 6.07) is 3.66. The highest BCUT2D eigenvalue weighted by Crippen LogP contribution is 2.35. The third-order valence-corrected chi connectivity index (χ3v) is 3.00. The Bertz CT molecular complexity index is 392. The molecular formula is C12H16F2N2. The molecule has 2 nitrogen and oxygen atoms in total. The Hall–Kier alpha value is -1.32. The molecule has 0 atom stereocenters. The minimum absolute atomic E-state index is 0.0593. The van der Waals surface area contributed by atoms with E-state index >= 15 is 0 Å². The maximum absolute atomic E-state index is 13.2. The van der Waals surface area contributed by atoms with Crippen molar-refractivity contribution < 1.29 is 8.78 Å². The van der Waals surface area contributed by atoms with Gasteiger partial charge in [0.1, 0.15) is 0 Å². The average molecular weight is 226 g/mol. The molecular weight excluding hydrogens is 210 g/mol. The predicted octanol–water partition coefficient (Wildman–Crippen LogP) is 2.73. The molecule has 1 saturated heterocycles. The molecule has 1 aliphatic heterocycles. The Morgan fingerprint density at radius 3 is 2.25 bits per heavy atom. The fourth-order valence-electron chi connectivity index (χ4n) is 2.41. The van der Waals surface area contributed by atoms with E-state index in [0.717, 1.165) is 16.8 Å². The SMILES string of the molecule is Cc1cc(N)cc(C)c1N1CCC(F)(F)C1. The number of nitrogens with zero attached hydrogens (tertiary/aromatic N) is 1. The number of alkyl halides is 2. The zero-order valence-corrected chi connectivity index (χ0v) is 9.56. The number of nitrogen functional groups attached to an aromatic ring is 1. The molecule has 0 radical (unpaired) electrons. The van der Waals surface area contributed by atoms with Crippen LogP contribution < -0.4 is 10.6 Å². The van der Waals surface area contributed by atoms with E-state index in [4.69, 9.17) is 5.73 Å². The lowest BCUT2D eigenvalue weighted by atomic mass is 10.1. The van der Waals surface area contributed by atoms with Gasteiger partial charge in [-0.25, -0.2) is 8.78 Å². The van der Waals surface area contributed by atoms with Crippen molar-refractivity contribution in [3.05, 3.63) is 23.3 Å². The first-order chi connectivity index (χ1) is 7.39. The van der Waals surface area contributed by atoms with Crippen LogP contribution in [0, 0.1) is 13.8 Å². The second-order valence-electron chi connectivity index (χ2n) is 4.53. The molecule has 0 aliphatic carbocycles. The van der Waals surface area contributed by atoms with E-state index in [9.17, 15) is 8.78 Å². The fourth-order valence-corrected chi connectivity index (χ4v) is 2.41. The summed E-state index contributed by atoms with van der Waals surface area (Å²) >= 11 is 0. The number of nitrogens with two attached hydrogens (primary N) is 1. The summed E-state index contributed by atoms with van der Waals surface area (Å²) in [6.07, 6.45) is -0.0593. The molecule has 1 aromatic rings. The van der Waals surface area contributed by atoms with Crippen molar-refractivity contribution in [2.75, 3.05) is 23.7 Å². The van der Waals surface area contributed by atoms with Gasteiger partial charge in [-0.15, -0.1) is 0 Å². The number of anilines is 2. The largest absolute Gasteiger partial charge is 0.399 e. The molecule has 0 unspecified atom stereocenters. The molecule has 4 heteroatoms. The predicted molar refractivity (Wildman–Crippen MR) is 62.1 cm³/mol. The second-order valence-corrected chi connectivity index (χ2v) is 4.53.